The molecule has 0 amide bonds. The SMILES string of the molecule is N#Cc1ccc(S(=O)(=O)NCCC2CCCN2)cn1. The summed E-state index contributed by atoms with van der Waals surface area (Å²) >= 11 is 0. The van der Waals surface area contributed by atoms with E-state index in [1.165, 1.54) is 18.3 Å². The topological polar surface area (TPSA) is 94.9 Å². The van der Waals surface area contributed by atoms with E-state index in [9.17, 15) is 8.42 Å². The van der Waals surface area contributed by atoms with E-state index in [0.717, 1.165) is 25.8 Å². The van der Waals surface area contributed by atoms with Gasteiger partial charge < -0.3 is 5.32 Å². The van der Waals surface area contributed by atoms with E-state index >= 15 is 0 Å². The van der Waals surface area contributed by atoms with Crippen LogP contribution in [0.25, 0.3) is 0 Å². The maximum atomic E-state index is 12.0. The highest BCUT2D eigenvalue weighted by Crippen LogP contribution is 2.10. The molecule has 2 rings (SSSR count). The van der Waals surface area contributed by atoms with Crippen molar-refractivity contribution in [2.24, 2.45) is 0 Å². The molecule has 6 nitrogen and oxygen atoms in total. The zero-order chi connectivity index (χ0) is 13.7. The van der Waals surface area contributed by atoms with Crippen molar-refractivity contribution in [2.75, 3.05) is 13.1 Å². The van der Waals surface area contributed by atoms with Gasteiger partial charge in [0.05, 0.1) is 0 Å². The molecular formula is C12H16N4O2S. The van der Waals surface area contributed by atoms with Crippen LogP contribution in [0.4, 0.5) is 0 Å². The summed E-state index contributed by atoms with van der Waals surface area (Å²) in [7, 11) is -3.53. The van der Waals surface area contributed by atoms with Crippen molar-refractivity contribution in [3.05, 3.63) is 24.0 Å². The molecular weight excluding hydrogens is 264 g/mol. The fourth-order valence-corrected chi connectivity index (χ4v) is 3.05. The molecule has 0 radical (unpaired) electrons. The number of hydrogen-bond acceptors (Lipinski definition) is 5. The van der Waals surface area contributed by atoms with Gasteiger partial charge in [0.2, 0.25) is 10.0 Å². The molecule has 0 aromatic carbocycles. The minimum Gasteiger partial charge on any atom is -0.314 e. The smallest absolute Gasteiger partial charge is 0.242 e. The van der Waals surface area contributed by atoms with E-state index in [2.05, 4.69) is 15.0 Å². The molecule has 1 aromatic heterocycles. The number of aromatic nitrogens is 1. The molecule has 2 N–H and O–H groups in total. The van der Waals surface area contributed by atoms with Crippen molar-refractivity contribution in [3.8, 4) is 6.07 Å². The average molecular weight is 280 g/mol. The maximum Gasteiger partial charge on any atom is 0.242 e. The Morgan fingerprint density at radius 2 is 2.37 bits per heavy atom. The zero-order valence-electron chi connectivity index (χ0n) is 10.5. The van der Waals surface area contributed by atoms with Crippen LogP contribution in [0.3, 0.4) is 0 Å². The Bertz CT molecular complexity index is 556. The first-order chi connectivity index (χ1) is 9.12. The second-order valence-corrected chi connectivity index (χ2v) is 6.24. The molecule has 7 heteroatoms. The van der Waals surface area contributed by atoms with Crippen LogP contribution in [0.5, 0.6) is 0 Å². The molecule has 1 fully saturated rings. The molecule has 1 aliphatic heterocycles. The van der Waals surface area contributed by atoms with Gasteiger partial charge in [-0.05, 0) is 37.9 Å². The Morgan fingerprint density at radius 3 is 2.95 bits per heavy atom. The first kappa shape index (κ1) is 13.9. The summed E-state index contributed by atoms with van der Waals surface area (Å²) < 4.78 is 26.5. The van der Waals surface area contributed by atoms with Gasteiger partial charge in [-0.15, -0.1) is 0 Å². The average Bonchev–Trinajstić information content (AvgIpc) is 2.92. The lowest BCUT2D eigenvalue weighted by Crippen LogP contribution is -2.30. The van der Waals surface area contributed by atoms with Gasteiger partial charge in [-0.25, -0.2) is 18.1 Å². The van der Waals surface area contributed by atoms with Gasteiger partial charge in [0.25, 0.3) is 0 Å². The van der Waals surface area contributed by atoms with Crippen molar-refractivity contribution in [3.63, 3.8) is 0 Å². The van der Waals surface area contributed by atoms with Gasteiger partial charge in [0.15, 0.2) is 0 Å². The summed E-state index contributed by atoms with van der Waals surface area (Å²) in [4.78, 5) is 3.85. The molecule has 0 spiro atoms. The molecule has 19 heavy (non-hydrogen) atoms. The van der Waals surface area contributed by atoms with Crippen molar-refractivity contribution in [1.82, 2.24) is 15.0 Å². The van der Waals surface area contributed by atoms with Crippen LogP contribution in [0.1, 0.15) is 25.0 Å². The highest BCUT2D eigenvalue weighted by molar-refractivity contribution is 7.89. The van der Waals surface area contributed by atoms with Gasteiger partial charge in [-0.3, -0.25) is 0 Å². The van der Waals surface area contributed by atoms with E-state index < -0.39 is 10.0 Å². The Labute approximate surface area is 112 Å². The summed E-state index contributed by atoms with van der Waals surface area (Å²) in [6.45, 7) is 1.41. The monoisotopic (exact) mass is 280 g/mol. The number of nitriles is 1. The van der Waals surface area contributed by atoms with Crippen molar-refractivity contribution >= 4 is 10.0 Å². The van der Waals surface area contributed by atoms with Gasteiger partial charge in [-0.2, -0.15) is 5.26 Å². The Kier molecular flexibility index (Phi) is 4.47. The van der Waals surface area contributed by atoms with E-state index in [-0.39, 0.29) is 10.6 Å². The minimum absolute atomic E-state index is 0.0888. The number of pyridine rings is 1. The molecule has 0 aliphatic carbocycles. The Hall–Kier alpha value is -1.49. The lowest BCUT2D eigenvalue weighted by molar-refractivity contribution is 0.539. The molecule has 1 aromatic rings. The quantitative estimate of drug-likeness (QED) is 0.812. The van der Waals surface area contributed by atoms with Crippen LogP contribution < -0.4 is 10.0 Å². The van der Waals surface area contributed by atoms with Crippen LogP contribution >= 0.6 is 0 Å². The second kappa shape index (κ2) is 6.10. The Morgan fingerprint density at radius 1 is 1.53 bits per heavy atom. The molecule has 1 saturated heterocycles. The third-order valence-corrected chi connectivity index (χ3v) is 4.55. The van der Waals surface area contributed by atoms with Crippen LogP contribution in [0.2, 0.25) is 0 Å². The van der Waals surface area contributed by atoms with Gasteiger partial charge in [-0.1, -0.05) is 0 Å². The van der Waals surface area contributed by atoms with Crippen LogP contribution in [0, 0.1) is 11.3 Å². The van der Waals surface area contributed by atoms with Crippen LogP contribution in [0.15, 0.2) is 23.2 Å². The number of nitrogens with zero attached hydrogens (tertiary/aromatic N) is 2. The molecule has 102 valence electrons. The summed E-state index contributed by atoms with van der Waals surface area (Å²) in [5.41, 5.74) is 0.203. The first-order valence-corrected chi connectivity index (χ1v) is 7.69. The lowest BCUT2D eigenvalue weighted by Gasteiger charge is -2.11. The predicted octanol–water partition coefficient (Wildman–Crippen LogP) is 0.374. The third kappa shape index (κ3) is 3.73. The summed E-state index contributed by atoms with van der Waals surface area (Å²) in [6, 6.07) is 5.04. The van der Waals surface area contributed by atoms with E-state index in [4.69, 9.17) is 5.26 Å². The molecule has 2 heterocycles. The normalized spacial score (nSPS) is 19.2. The molecule has 1 atom stereocenters. The number of nitrogens with one attached hydrogen (secondary N) is 2. The highest BCUT2D eigenvalue weighted by atomic mass is 32.2. The fraction of sp³-hybridized carbons (Fsp3) is 0.500. The molecule has 0 saturated carbocycles. The van der Waals surface area contributed by atoms with E-state index in [0.29, 0.717) is 12.6 Å². The number of sulfonamides is 1. The fourth-order valence-electron chi connectivity index (χ4n) is 2.06. The van der Waals surface area contributed by atoms with E-state index in [1.54, 1.807) is 0 Å². The Balaban J connectivity index is 1.91. The molecule has 0 bridgehead atoms. The summed E-state index contributed by atoms with van der Waals surface area (Å²) in [5, 5.41) is 11.9. The minimum atomic E-state index is -3.53. The standard InChI is InChI=1S/C12H16N4O2S/c13-8-11-3-4-12(9-15-11)19(17,18)16-7-5-10-2-1-6-14-10/h3-4,9-10,14,16H,1-2,5-7H2. The summed E-state index contributed by atoms with van der Waals surface area (Å²) in [6.07, 6.45) is 4.23. The van der Waals surface area contributed by atoms with Crippen molar-refractivity contribution < 1.29 is 8.42 Å². The summed E-state index contributed by atoms with van der Waals surface area (Å²) in [5.74, 6) is 0. The third-order valence-electron chi connectivity index (χ3n) is 3.11. The van der Waals surface area contributed by atoms with Gasteiger partial charge in [0.1, 0.15) is 16.7 Å². The largest absolute Gasteiger partial charge is 0.314 e. The van der Waals surface area contributed by atoms with Gasteiger partial charge >= 0.3 is 0 Å². The maximum absolute atomic E-state index is 12.0. The van der Waals surface area contributed by atoms with E-state index in [1.807, 2.05) is 6.07 Å². The first-order valence-electron chi connectivity index (χ1n) is 6.21. The number of rotatable bonds is 5. The number of hydrogen-bond donors (Lipinski definition) is 2. The zero-order valence-corrected chi connectivity index (χ0v) is 11.3. The van der Waals surface area contributed by atoms with Crippen LogP contribution in [-0.2, 0) is 10.0 Å². The predicted molar refractivity (Wildman–Crippen MR) is 69.8 cm³/mol. The highest BCUT2D eigenvalue weighted by Gasteiger charge is 2.17. The van der Waals surface area contributed by atoms with Crippen molar-refractivity contribution in [1.29, 1.82) is 5.26 Å². The van der Waals surface area contributed by atoms with Crippen LogP contribution in [-0.4, -0.2) is 32.5 Å². The van der Waals surface area contributed by atoms with Gasteiger partial charge in [0, 0.05) is 18.8 Å². The van der Waals surface area contributed by atoms with Crippen molar-refractivity contribution in [2.45, 2.75) is 30.2 Å². The second-order valence-electron chi connectivity index (χ2n) is 4.47. The lowest BCUT2D eigenvalue weighted by atomic mass is 10.2. The molecule has 1 aliphatic rings. The molecule has 1 unspecified atom stereocenters.